The highest BCUT2D eigenvalue weighted by Gasteiger charge is 2.19. The Morgan fingerprint density at radius 2 is 2.00 bits per heavy atom. The second-order valence-electron chi connectivity index (χ2n) is 2.47. The molecular formula is C8H8N2S2. The van der Waals surface area contributed by atoms with E-state index < -0.39 is 0 Å². The van der Waals surface area contributed by atoms with Gasteiger partial charge in [-0.15, -0.1) is 0 Å². The Bertz CT molecular complexity index is 286. The molecule has 1 fully saturated rings. The molecule has 2 N–H and O–H groups in total. The summed E-state index contributed by atoms with van der Waals surface area (Å²) in [5.41, 5.74) is 7.25. The first-order chi connectivity index (χ1) is 5.86. The van der Waals surface area contributed by atoms with Gasteiger partial charge in [-0.05, 0) is 5.56 Å². The molecule has 1 aromatic rings. The van der Waals surface area contributed by atoms with Crippen molar-refractivity contribution >= 4 is 28.3 Å². The van der Waals surface area contributed by atoms with Gasteiger partial charge in [-0.2, -0.15) is 0 Å². The number of rotatable bonds is 1. The van der Waals surface area contributed by atoms with E-state index in [1.165, 1.54) is 5.56 Å². The molecule has 0 aliphatic carbocycles. The normalized spacial score (nSPS) is 22.3. The third kappa shape index (κ3) is 1.60. The number of benzene rings is 1. The van der Waals surface area contributed by atoms with Crippen LogP contribution < -0.4 is 10.9 Å². The third-order valence-corrected chi connectivity index (χ3v) is 2.97. The average Bonchev–Trinajstić information content (AvgIpc) is 2.54. The van der Waals surface area contributed by atoms with Crippen LogP contribution in [0.2, 0.25) is 0 Å². The van der Waals surface area contributed by atoms with Crippen molar-refractivity contribution in [3.8, 4) is 0 Å². The number of hydrogen-bond donors (Lipinski definition) is 2. The first kappa shape index (κ1) is 8.04. The van der Waals surface area contributed by atoms with Crippen LogP contribution in [0.5, 0.6) is 0 Å². The summed E-state index contributed by atoms with van der Waals surface area (Å²) in [6.07, 6.45) is 0. The van der Waals surface area contributed by atoms with E-state index in [0.29, 0.717) is 0 Å². The Morgan fingerprint density at radius 1 is 1.25 bits per heavy atom. The molecule has 1 atom stereocenters. The molecule has 1 aromatic carbocycles. The van der Waals surface area contributed by atoms with Crippen molar-refractivity contribution in [2.75, 3.05) is 0 Å². The topological polar surface area (TPSA) is 24.1 Å². The fourth-order valence-electron chi connectivity index (χ4n) is 1.07. The molecule has 2 nitrogen and oxygen atoms in total. The Morgan fingerprint density at radius 3 is 2.58 bits per heavy atom. The zero-order valence-corrected chi connectivity index (χ0v) is 7.91. The fourth-order valence-corrected chi connectivity index (χ4v) is 2.16. The SMILES string of the molecule is S=C1NNC(c2ccccc2)S1. The highest BCUT2D eigenvalue weighted by atomic mass is 32.2. The van der Waals surface area contributed by atoms with Gasteiger partial charge in [0.2, 0.25) is 0 Å². The average molecular weight is 196 g/mol. The standard InChI is InChI=1S/C8H8N2S2/c11-8-10-9-7(12-8)6-4-2-1-3-5-6/h1-5,7,9H,(H,10,11). The van der Waals surface area contributed by atoms with E-state index in [2.05, 4.69) is 23.0 Å². The first-order valence-electron chi connectivity index (χ1n) is 3.63. The summed E-state index contributed by atoms with van der Waals surface area (Å²) in [6.45, 7) is 0. The lowest BCUT2D eigenvalue weighted by molar-refractivity contribution is 0.668. The van der Waals surface area contributed by atoms with Crippen LogP contribution in [0.4, 0.5) is 0 Å². The van der Waals surface area contributed by atoms with Gasteiger partial charge in [0, 0.05) is 0 Å². The molecule has 4 heteroatoms. The molecule has 0 radical (unpaired) electrons. The lowest BCUT2D eigenvalue weighted by atomic mass is 10.2. The molecule has 0 aromatic heterocycles. The van der Waals surface area contributed by atoms with E-state index in [1.54, 1.807) is 11.8 Å². The number of hydrogen-bond acceptors (Lipinski definition) is 3. The number of thioether (sulfide) groups is 1. The minimum absolute atomic E-state index is 0.263. The summed E-state index contributed by atoms with van der Waals surface area (Å²) in [4.78, 5) is 0. The van der Waals surface area contributed by atoms with Crippen molar-refractivity contribution in [3.05, 3.63) is 35.9 Å². The van der Waals surface area contributed by atoms with Crippen molar-refractivity contribution < 1.29 is 0 Å². The summed E-state index contributed by atoms with van der Waals surface area (Å²) in [5, 5.41) is 0.263. The molecule has 62 valence electrons. The lowest BCUT2D eigenvalue weighted by Gasteiger charge is -2.06. The first-order valence-corrected chi connectivity index (χ1v) is 4.92. The summed E-state index contributed by atoms with van der Waals surface area (Å²) in [7, 11) is 0. The molecule has 0 spiro atoms. The van der Waals surface area contributed by atoms with Gasteiger partial charge < -0.3 is 5.43 Å². The van der Waals surface area contributed by atoms with Gasteiger partial charge in [-0.3, -0.25) is 0 Å². The van der Waals surface area contributed by atoms with Crippen molar-refractivity contribution in [3.63, 3.8) is 0 Å². The van der Waals surface area contributed by atoms with Crippen LogP contribution in [0.25, 0.3) is 0 Å². The van der Waals surface area contributed by atoms with Crippen LogP contribution >= 0.6 is 24.0 Å². The van der Waals surface area contributed by atoms with Crippen LogP contribution in [-0.2, 0) is 0 Å². The maximum Gasteiger partial charge on any atom is 0.149 e. The van der Waals surface area contributed by atoms with E-state index in [1.807, 2.05) is 18.2 Å². The van der Waals surface area contributed by atoms with Gasteiger partial charge in [-0.1, -0.05) is 54.3 Å². The monoisotopic (exact) mass is 196 g/mol. The van der Waals surface area contributed by atoms with E-state index >= 15 is 0 Å². The molecule has 2 rings (SSSR count). The van der Waals surface area contributed by atoms with Gasteiger partial charge in [0.25, 0.3) is 0 Å². The van der Waals surface area contributed by atoms with E-state index in [-0.39, 0.29) is 5.37 Å². The van der Waals surface area contributed by atoms with Gasteiger partial charge >= 0.3 is 0 Å². The van der Waals surface area contributed by atoms with Crippen molar-refractivity contribution in [2.24, 2.45) is 0 Å². The Kier molecular flexibility index (Phi) is 2.30. The largest absolute Gasteiger partial charge is 0.305 e. The minimum atomic E-state index is 0.263. The number of thiocarbonyl (C=S) groups is 1. The van der Waals surface area contributed by atoms with Crippen LogP contribution in [-0.4, -0.2) is 4.32 Å². The Balaban J connectivity index is 2.16. The third-order valence-electron chi connectivity index (χ3n) is 1.63. The maximum atomic E-state index is 4.99. The highest BCUT2D eigenvalue weighted by molar-refractivity contribution is 8.23. The molecule has 1 saturated heterocycles. The summed E-state index contributed by atoms with van der Waals surface area (Å²) in [5.74, 6) is 0. The molecule has 0 amide bonds. The predicted octanol–water partition coefficient (Wildman–Crippen LogP) is 1.81. The second kappa shape index (κ2) is 3.43. The summed E-state index contributed by atoms with van der Waals surface area (Å²) < 4.78 is 0.809. The van der Waals surface area contributed by atoms with Gasteiger partial charge in [0.1, 0.15) is 9.69 Å². The zero-order valence-electron chi connectivity index (χ0n) is 6.28. The van der Waals surface area contributed by atoms with Crippen molar-refractivity contribution in [2.45, 2.75) is 5.37 Å². The molecular weight excluding hydrogens is 188 g/mol. The fraction of sp³-hybridized carbons (Fsp3) is 0.125. The molecule has 1 unspecified atom stereocenters. The minimum Gasteiger partial charge on any atom is -0.305 e. The van der Waals surface area contributed by atoms with Crippen molar-refractivity contribution in [1.82, 2.24) is 10.9 Å². The summed E-state index contributed by atoms with van der Waals surface area (Å²) >= 11 is 6.61. The smallest absolute Gasteiger partial charge is 0.149 e. The van der Waals surface area contributed by atoms with Crippen LogP contribution in [0.3, 0.4) is 0 Å². The van der Waals surface area contributed by atoms with E-state index in [9.17, 15) is 0 Å². The van der Waals surface area contributed by atoms with E-state index in [4.69, 9.17) is 12.2 Å². The number of nitrogens with one attached hydrogen (secondary N) is 2. The van der Waals surface area contributed by atoms with E-state index in [0.717, 1.165) is 4.32 Å². The molecule has 0 bridgehead atoms. The lowest BCUT2D eigenvalue weighted by Crippen LogP contribution is -2.26. The molecule has 1 aliphatic heterocycles. The van der Waals surface area contributed by atoms with Crippen LogP contribution in [0.1, 0.15) is 10.9 Å². The summed E-state index contributed by atoms with van der Waals surface area (Å²) in [6, 6.07) is 10.2. The quantitative estimate of drug-likeness (QED) is 0.669. The van der Waals surface area contributed by atoms with Gasteiger partial charge in [0.05, 0.1) is 0 Å². The molecule has 0 saturated carbocycles. The predicted molar refractivity (Wildman–Crippen MR) is 55.6 cm³/mol. The molecule has 12 heavy (non-hydrogen) atoms. The molecule has 1 aliphatic rings. The second-order valence-corrected chi connectivity index (χ2v) is 4.25. The Labute approximate surface area is 80.7 Å². The van der Waals surface area contributed by atoms with Gasteiger partial charge in [-0.25, -0.2) is 5.43 Å². The van der Waals surface area contributed by atoms with Crippen LogP contribution in [0.15, 0.2) is 30.3 Å². The highest BCUT2D eigenvalue weighted by Crippen LogP contribution is 2.29. The Hall–Kier alpha value is -0.580. The zero-order chi connectivity index (χ0) is 8.39. The number of hydrazine groups is 1. The van der Waals surface area contributed by atoms with Gasteiger partial charge in [0.15, 0.2) is 0 Å². The maximum absolute atomic E-state index is 4.99. The molecule has 1 heterocycles. The van der Waals surface area contributed by atoms with Crippen molar-refractivity contribution in [1.29, 1.82) is 0 Å². The van der Waals surface area contributed by atoms with Crippen LogP contribution in [0, 0.1) is 0 Å².